The van der Waals surface area contributed by atoms with E-state index < -0.39 is 34.9 Å². The van der Waals surface area contributed by atoms with Crippen LogP contribution in [-0.4, -0.2) is 54.1 Å². The molecule has 0 aromatic heterocycles. The number of esters is 1. The van der Waals surface area contributed by atoms with Crippen molar-refractivity contribution in [3.05, 3.63) is 24.2 Å². The van der Waals surface area contributed by atoms with Crippen molar-refractivity contribution >= 4 is 17.9 Å². The summed E-state index contributed by atoms with van der Waals surface area (Å²) in [6.45, 7) is 14.0. The van der Waals surface area contributed by atoms with Gasteiger partial charge in [0.15, 0.2) is 0 Å². The molecule has 2 rings (SSSR count). The fourth-order valence-corrected chi connectivity index (χ4v) is 3.92. The summed E-state index contributed by atoms with van der Waals surface area (Å²) in [6, 6.07) is -2.04. The topological polar surface area (TPSA) is 97.0 Å². The van der Waals surface area contributed by atoms with Crippen LogP contribution in [0.1, 0.15) is 74.1 Å². The highest BCUT2D eigenvalue weighted by Crippen LogP contribution is 2.26. The summed E-state index contributed by atoms with van der Waals surface area (Å²) in [5.74, 6) is -0.0856. The van der Waals surface area contributed by atoms with E-state index in [1.54, 1.807) is 6.26 Å². The van der Waals surface area contributed by atoms with Crippen molar-refractivity contribution in [3.8, 4) is 0 Å². The summed E-state index contributed by atoms with van der Waals surface area (Å²) in [5, 5.41) is 5.58. The molecule has 3 amide bonds. The fourth-order valence-electron chi connectivity index (χ4n) is 3.92. The van der Waals surface area contributed by atoms with Crippen LogP contribution >= 0.6 is 0 Å². The zero-order valence-electron chi connectivity index (χ0n) is 21.2. The number of nitrogens with zero attached hydrogens (tertiary/aromatic N) is 1. The van der Waals surface area contributed by atoms with E-state index in [0.29, 0.717) is 12.3 Å². The zero-order valence-corrected chi connectivity index (χ0v) is 21.2. The van der Waals surface area contributed by atoms with Crippen molar-refractivity contribution in [1.29, 1.82) is 0 Å². The van der Waals surface area contributed by atoms with Crippen LogP contribution in [0.25, 0.3) is 0 Å². The van der Waals surface area contributed by atoms with Crippen LogP contribution in [0.4, 0.5) is 4.79 Å². The highest BCUT2D eigenvalue weighted by molar-refractivity contribution is 5.90. The molecule has 0 radical (unpaired) electrons. The van der Waals surface area contributed by atoms with Gasteiger partial charge in [-0.15, -0.1) is 0 Å². The van der Waals surface area contributed by atoms with Gasteiger partial charge in [0.2, 0.25) is 5.91 Å². The monoisotopic (exact) mass is 463 g/mol. The van der Waals surface area contributed by atoms with Gasteiger partial charge in [-0.05, 0) is 55.6 Å². The molecule has 0 aromatic rings. The van der Waals surface area contributed by atoms with Gasteiger partial charge in [0.05, 0.1) is 6.26 Å². The van der Waals surface area contributed by atoms with Crippen LogP contribution in [0.15, 0.2) is 24.2 Å². The molecule has 0 bridgehead atoms. The zero-order chi connectivity index (χ0) is 24.8. The molecule has 3 atom stereocenters. The number of hydrogen-bond donors (Lipinski definition) is 2. The first kappa shape index (κ1) is 26.7. The maximum atomic E-state index is 13.2. The van der Waals surface area contributed by atoms with Crippen molar-refractivity contribution in [2.24, 2.45) is 10.8 Å². The number of amides is 3. The van der Waals surface area contributed by atoms with Gasteiger partial charge >= 0.3 is 12.0 Å². The van der Waals surface area contributed by atoms with Crippen molar-refractivity contribution < 1.29 is 23.9 Å². The Bertz CT molecular complexity index is 776. The van der Waals surface area contributed by atoms with Crippen LogP contribution in [0.5, 0.6) is 0 Å². The van der Waals surface area contributed by atoms with E-state index in [1.165, 1.54) is 0 Å². The number of nitrogens with one attached hydrogen (secondary N) is 2. The molecule has 1 fully saturated rings. The molecular formula is C25H41N3O5. The third-order valence-electron chi connectivity index (χ3n) is 5.98. The van der Waals surface area contributed by atoms with Crippen molar-refractivity contribution in [1.82, 2.24) is 15.5 Å². The van der Waals surface area contributed by atoms with Gasteiger partial charge in [0, 0.05) is 12.6 Å². The number of likely N-dealkylation sites (tertiary alicyclic amines) is 1. The molecule has 1 saturated heterocycles. The first-order chi connectivity index (χ1) is 15.3. The molecule has 0 saturated carbocycles. The van der Waals surface area contributed by atoms with Crippen LogP contribution < -0.4 is 10.6 Å². The highest BCUT2D eigenvalue weighted by Gasteiger charge is 2.40. The van der Waals surface area contributed by atoms with E-state index in [0.717, 1.165) is 25.7 Å². The van der Waals surface area contributed by atoms with E-state index in [1.807, 2.05) is 65.5 Å². The van der Waals surface area contributed by atoms with Gasteiger partial charge < -0.3 is 25.0 Å². The van der Waals surface area contributed by atoms with Gasteiger partial charge in [-0.2, -0.15) is 0 Å². The number of allylic oxidation sites excluding steroid dienone is 2. The summed E-state index contributed by atoms with van der Waals surface area (Å²) in [4.78, 5) is 40.9. The lowest BCUT2D eigenvalue weighted by molar-refractivity contribution is -0.148. The molecule has 33 heavy (non-hydrogen) atoms. The smallest absolute Gasteiger partial charge is 0.329 e. The Balaban J connectivity index is 2.06. The molecule has 0 spiro atoms. The second kappa shape index (κ2) is 11.1. The van der Waals surface area contributed by atoms with Gasteiger partial charge in [0.1, 0.15) is 24.4 Å². The largest absolute Gasteiger partial charge is 0.466 e. The number of hydrogen-bond acceptors (Lipinski definition) is 5. The lowest BCUT2D eigenvalue weighted by atomic mass is 9.85. The molecule has 8 nitrogen and oxygen atoms in total. The van der Waals surface area contributed by atoms with Crippen molar-refractivity contribution in [2.45, 2.75) is 92.3 Å². The molecule has 2 aliphatic rings. The maximum Gasteiger partial charge on any atom is 0.329 e. The number of carbonyl (C=O) groups excluding carboxylic acids is 3. The van der Waals surface area contributed by atoms with Crippen molar-refractivity contribution in [2.75, 3.05) is 13.2 Å². The van der Waals surface area contributed by atoms with E-state index in [2.05, 4.69) is 10.6 Å². The van der Waals surface area contributed by atoms with Gasteiger partial charge in [-0.25, -0.2) is 9.59 Å². The molecule has 2 N–H and O–H groups in total. The summed E-state index contributed by atoms with van der Waals surface area (Å²) in [6.07, 6.45) is 8.98. The number of ether oxygens (including phenoxy) is 2. The normalized spacial score (nSPS) is 20.8. The SMILES string of the molecule is CC1CCCN1C(=O)C(NC(=O)NC(C(=O)OCC1=CCCC=CO1)C(C)(C)C)C(C)(C)C. The molecule has 186 valence electrons. The summed E-state index contributed by atoms with van der Waals surface area (Å²) in [7, 11) is 0. The molecule has 0 aromatic carbocycles. The van der Waals surface area contributed by atoms with E-state index in [-0.39, 0.29) is 18.6 Å². The van der Waals surface area contributed by atoms with Crippen LogP contribution in [0.2, 0.25) is 0 Å². The highest BCUT2D eigenvalue weighted by atomic mass is 16.6. The van der Waals surface area contributed by atoms with Gasteiger partial charge in [-0.1, -0.05) is 41.5 Å². The molecule has 0 aliphatic carbocycles. The van der Waals surface area contributed by atoms with E-state index >= 15 is 0 Å². The Morgan fingerprint density at radius 2 is 1.73 bits per heavy atom. The molecular weight excluding hydrogens is 422 g/mol. The second-order valence-electron chi connectivity index (χ2n) is 11.1. The lowest BCUT2D eigenvalue weighted by Crippen LogP contribution is -2.60. The van der Waals surface area contributed by atoms with Gasteiger partial charge in [-0.3, -0.25) is 4.79 Å². The minimum Gasteiger partial charge on any atom is -0.466 e. The number of rotatable bonds is 6. The standard InChI is InChI=1S/C25H41N3O5/c1-17-12-11-14-28(17)21(29)19(24(2,3)4)26-23(31)27-20(25(5,6)7)22(30)33-16-18-13-9-8-10-15-32-18/h10,13,15,17,19-20H,8-9,11-12,14,16H2,1-7H3,(H2,26,27,31). The molecule has 2 aliphatic heterocycles. The van der Waals surface area contributed by atoms with Crippen LogP contribution in [0.3, 0.4) is 0 Å². The summed E-state index contributed by atoms with van der Waals surface area (Å²) in [5.41, 5.74) is -1.09. The molecule has 8 heteroatoms. The average Bonchev–Trinajstić information content (AvgIpc) is 2.96. The predicted octanol–water partition coefficient (Wildman–Crippen LogP) is 3.88. The minimum atomic E-state index is -0.902. The van der Waals surface area contributed by atoms with E-state index in [4.69, 9.17) is 9.47 Å². The summed E-state index contributed by atoms with van der Waals surface area (Å²) >= 11 is 0. The first-order valence-electron chi connectivity index (χ1n) is 11.9. The van der Waals surface area contributed by atoms with Crippen LogP contribution in [0, 0.1) is 10.8 Å². The lowest BCUT2D eigenvalue weighted by Gasteiger charge is -2.36. The van der Waals surface area contributed by atoms with Crippen molar-refractivity contribution in [3.63, 3.8) is 0 Å². The maximum absolute atomic E-state index is 13.2. The Morgan fingerprint density at radius 1 is 1.09 bits per heavy atom. The minimum absolute atomic E-state index is 0.00496. The Hall–Kier alpha value is -2.51. The van der Waals surface area contributed by atoms with Crippen LogP contribution in [-0.2, 0) is 19.1 Å². The summed E-state index contributed by atoms with van der Waals surface area (Å²) < 4.78 is 10.9. The predicted molar refractivity (Wildman–Crippen MR) is 127 cm³/mol. The average molecular weight is 464 g/mol. The molecule has 3 unspecified atom stereocenters. The third-order valence-corrected chi connectivity index (χ3v) is 5.98. The third kappa shape index (κ3) is 7.79. The Morgan fingerprint density at radius 3 is 2.30 bits per heavy atom. The number of urea groups is 1. The Kier molecular flexibility index (Phi) is 8.97. The quantitative estimate of drug-likeness (QED) is 0.583. The van der Waals surface area contributed by atoms with Gasteiger partial charge in [0.25, 0.3) is 0 Å². The Labute approximate surface area is 198 Å². The fraction of sp³-hybridized carbons (Fsp3) is 0.720. The number of carbonyl (C=O) groups is 3. The first-order valence-corrected chi connectivity index (χ1v) is 11.9. The molecule has 2 heterocycles. The second-order valence-corrected chi connectivity index (χ2v) is 11.1. The van der Waals surface area contributed by atoms with E-state index in [9.17, 15) is 14.4 Å².